The largest absolute Gasteiger partial charge is 0.449 e. The molecular formula is C17H14Cl3NO4. The summed E-state index contributed by atoms with van der Waals surface area (Å²) in [5.41, 5.74) is 1.19. The topological polar surface area (TPSA) is 75.6 Å². The van der Waals surface area contributed by atoms with Crippen molar-refractivity contribution in [1.82, 2.24) is 0 Å². The van der Waals surface area contributed by atoms with E-state index in [2.05, 4.69) is 5.32 Å². The van der Waals surface area contributed by atoms with Gasteiger partial charge in [0.1, 0.15) is 0 Å². The molecule has 0 saturated carbocycles. The van der Waals surface area contributed by atoms with E-state index in [1.807, 2.05) is 0 Å². The summed E-state index contributed by atoms with van der Waals surface area (Å²) < 4.78 is 5.12. The molecule has 2 rings (SSSR count). The van der Waals surface area contributed by atoms with Crippen LogP contribution in [0.3, 0.4) is 0 Å². The van der Waals surface area contributed by atoms with E-state index in [0.717, 1.165) is 0 Å². The minimum absolute atomic E-state index is 0.126. The number of halogens is 3. The van der Waals surface area contributed by atoms with E-state index in [4.69, 9.17) is 44.6 Å². The number of aliphatic hydroxyl groups excluding tert-OH is 1. The monoisotopic (exact) mass is 401 g/mol. The number of nitrogens with one attached hydrogen (secondary N) is 1. The highest BCUT2D eigenvalue weighted by Gasteiger charge is 2.20. The van der Waals surface area contributed by atoms with E-state index in [9.17, 15) is 9.59 Å². The average molecular weight is 403 g/mol. The highest BCUT2D eigenvalue weighted by atomic mass is 35.5. The van der Waals surface area contributed by atoms with Gasteiger partial charge in [-0.25, -0.2) is 4.79 Å². The first kappa shape index (κ1) is 19.5. The van der Waals surface area contributed by atoms with Crippen LogP contribution >= 0.6 is 34.8 Å². The van der Waals surface area contributed by atoms with Crippen molar-refractivity contribution in [2.75, 3.05) is 5.32 Å². The van der Waals surface area contributed by atoms with Crippen LogP contribution < -0.4 is 5.32 Å². The highest BCUT2D eigenvalue weighted by Crippen LogP contribution is 2.32. The SMILES string of the molecule is C[C@H](OC(=O)c1ccc(CO)cc1)C(=O)Nc1cc(Cl)c(Cl)cc1Cl. The fourth-order valence-electron chi connectivity index (χ4n) is 1.88. The van der Waals surface area contributed by atoms with Gasteiger partial charge in [-0.15, -0.1) is 0 Å². The van der Waals surface area contributed by atoms with Crippen LogP contribution in [0.25, 0.3) is 0 Å². The van der Waals surface area contributed by atoms with E-state index in [-0.39, 0.29) is 32.9 Å². The number of ether oxygens (including phenoxy) is 1. The van der Waals surface area contributed by atoms with Crippen molar-refractivity contribution in [3.8, 4) is 0 Å². The van der Waals surface area contributed by atoms with E-state index >= 15 is 0 Å². The van der Waals surface area contributed by atoms with Gasteiger partial charge in [-0.2, -0.15) is 0 Å². The molecule has 2 aromatic carbocycles. The van der Waals surface area contributed by atoms with E-state index < -0.39 is 18.0 Å². The summed E-state index contributed by atoms with van der Waals surface area (Å²) in [7, 11) is 0. The molecule has 132 valence electrons. The number of carbonyl (C=O) groups excluding carboxylic acids is 2. The Morgan fingerprint density at radius 3 is 2.28 bits per heavy atom. The molecule has 1 atom stereocenters. The third-order valence-corrected chi connectivity index (χ3v) is 4.33. The zero-order chi connectivity index (χ0) is 18.6. The van der Waals surface area contributed by atoms with Crippen LogP contribution in [0, 0.1) is 0 Å². The molecule has 5 nitrogen and oxygen atoms in total. The molecular weight excluding hydrogens is 389 g/mol. The number of rotatable bonds is 5. The molecule has 0 saturated heterocycles. The van der Waals surface area contributed by atoms with Crippen LogP contribution in [0.5, 0.6) is 0 Å². The standard InChI is InChI=1S/C17H14Cl3NO4/c1-9(25-17(24)11-4-2-10(8-22)3-5-11)16(23)21-15-7-13(19)12(18)6-14(15)20/h2-7,9,22H,8H2,1H3,(H,21,23)/t9-/m0/s1. The maximum atomic E-state index is 12.2. The van der Waals surface area contributed by atoms with Gasteiger partial charge in [0.2, 0.25) is 0 Å². The highest BCUT2D eigenvalue weighted by molar-refractivity contribution is 6.44. The van der Waals surface area contributed by atoms with Crippen LogP contribution in [0.2, 0.25) is 15.1 Å². The summed E-state index contributed by atoms with van der Waals surface area (Å²) in [5.74, 6) is -1.23. The number of esters is 1. The molecule has 0 aliphatic heterocycles. The van der Waals surface area contributed by atoms with Crippen molar-refractivity contribution >= 4 is 52.4 Å². The van der Waals surface area contributed by atoms with Gasteiger partial charge in [0, 0.05) is 0 Å². The first-order valence-electron chi connectivity index (χ1n) is 7.18. The van der Waals surface area contributed by atoms with Crippen molar-refractivity contribution in [1.29, 1.82) is 0 Å². The maximum absolute atomic E-state index is 12.2. The number of aliphatic hydroxyl groups is 1. The second kappa shape index (κ2) is 8.54. The van der Waals surface area contributed by atoms with Crippen molar-refractivity contribution in [2.45, 2.75) is 19.6 Å². The number of carbonyl (C=O) groups is 2. The van der Waals surface area contributed by atoms with Gasteiger partial charge in [-0.3, -0.25) is 4.79 Å². The third kappa shape index (κ3) is 5.09. The number of hydrogen-bond acceptors (Lipinski definition) is 4. The first-order valence-corrected chi connectivity index (χ1v) is 8.31. The molecule has 1 amide bonds. The molecule has 25 heavy (non-hydrogen) atoms. The van der Waals surface area contributed by atoms with Gasteiger partial charge >= 0.3 is 5.97 Å². The zero-order valence-corrected chi connectivity index (χ0v) is 15.3. The van der Waals surface area contributed by atoms with Crippen LogP contribution in [0.4, 0.5) is 5.69 Å². The van der Waals surface area contributed by atoms with Crippen LogP contribution in [-0.4, -0.2) is 23.1 Å². The molecule has 0 aliphatic carbocycles. The maximum Gasteiger partial charge on any atom is 0.338 e. The molecule has 0 unspecified atom stereocenters. The van der Waals surface area contributed by atoms with Gasteiger partial charge in [-0.05, 0) is 36.8 Å². The third-order valence-electron chi connectivity index (χ3n) is 3.29. The van der Waals surface area contributed by atoms with E-state index in [1.54, 1.807) is 12.1 Å². The van der Waals surface area contributed by atoms with Crippen molar-refractivity contribution in [3.05, 3.63) is 62.6 Å². The summed E-state index contributed by atoms with van der Waals surface area (Å²) in [5, 5.41) is 12.2. The lowest BCUT2D eigenvalue weighted by molar-refractivity contribution is -0.123. The Balaban J connectivity index is 2.02. The van der Waals surface area contributed by atoms with Gasteiger partial charge in [0.15, 0.2) is 6.10 Å². The second-order valence-electron chi connectivity index (χ2n) is 5.14. The fourth-order valence-corrected chi connectivity index (χ4v) is 2.48. The normalized spacial score (nSPS) is 11.7. The minimum atomic E-state index is -1.06. The predicted molar refractivity (Wildman–Crippen MR) is 97.3 cm³/mol. The molecule has 2 N–H and O–H groups in total. The Labute approximate surface area is 159 Å². The molecule has 0 fully saturated rings. The number of benzene rings is 2. The molecule has 0 bridgehead atoms. The Hall–Kier alpha value is -1.79. The smallest absolute Gasteiger partial charge is 0.338 e. The Morgan fingerprint density at radius 1 is 1.08 bits per heavy atom. The summed E-state index contributed by atoms with van der Waals surface area (Å²) in [6, 6.07) is 9.02. The average Bonchev–Trinajstić information content (AvgIpc) is 2.59. The number of anilines is 1. The van der Waals surface area contributed by atoms with Gasteiger partial charge in [0.25, 0.3) is 5.91 Å². The number of amides is 1. The lowest BCUT2D eigenvalue weighted by atomic mass is 10.1. The quantitative estimate of drug-likeness (QED) is 0.577. The molecule has 0 spiro atoms. The lowest BCUT2D eigenvalue weighted by Gasteiger charge is -2.15. The lowest BCUT2D eigenvalue weighted by Crippen LogP contribution is -2.30. The van der Waals surface area contributed by atoms with Crippen molar-refractivity contribution < 1.29 is 19.4 Å². The van der Waals surface area contributed by atoms with Gasteiger partial charge in [-0.1, -0.05) is 46.9 Å². The Morgan fingerprint density at radius 2 is 1.68 bits per heavy atom. The molecule has 2 aromatic rings. The van der Waals surface area contributed by atoms with Gasteiger partial charge in [0.05, 0.1) is 32.9 Å². The summed E-state index contributed by atoms with van der Waals surface area (Å²) >= 11 is 17.7. The van der Waals surface area contributed by atoms with Crippen LogP contribution in [-0.2, 0) is 16.1 Å². The molecule has 0 aliphatic rings. The molecule has 0 radical (unpaired) electrons. The summed E-state index contributed by atoms with van der Waals surface area (Å²) in [6.07, 6.45) is -1.06. The molecule has 0 aromatic heterocycles. The number of hydrogen-bond donors (Lipinski definition) is 2. The second-order valence-corrected chi connectivity index (χ2v) is 6.36. The Bertz CT molecular complexity index is 793. The Kier molecular flexibility index (Phi) is 6.67. The molecule has 0 heterocycles. The minimum Gasteiger partial charge on any atom is -0.449 e. The van der Waals surface area contributed by atoms with Crippen molar-refractivity contribution in [2.24, 2.45) is 0 Å². The summed E-state index contributed by atoms with van der Waals surface area (Å²) in [6.45, 7) is 1.30. The van der Waals surface area contributed by atoms with Crippen LogP contribution in [0.15, 0.2) is 36.4 Å². The van der Waals surface area contributed by atoms with Crippen LogP contribution in [0.1, 0.15) is 22.8 Å². The van der Waals surface area contributed by atoms with Crippen molar-refractivity contribution in [3.63, 3.8) is 0 Å². The van der Waals surface area contributed by atoms with Gasteiger partial charge < -0.3 is 15.2 Å². The first-order chi connectivity index (χ1) is 11.8. The predicted octanol–water partition coefficient (Wildman–Crippen LogP) is 4.32. The summed E-state index contributed by atoms with van der Waals surface area (Å²) in [4.78, 5) is 24.2. The zero-order valence-electron chi connectivity index (χ0n) is 13.1. The fraction of sp³-hybridized carbons (Fsp3) is 0.176. The molecule has 8 heteroatoms. The van der Waals surface area contributed by atoms with E-state index in [0.29, 0.717) is 5.56 Å². The van der Waals surface area contributed by atoms with E-state index in [1.165, 1.54) is 31.2 Å².